The van der Waals surface area contributed by atoms with Crippen molar-refractivity contribution in [3.63, 3.8) is 0 Å². The number of ether oxygens (including phenoxy) is 9. The van der Waals surface area contributed by atoms with Crippen molar-refractivity contribution in [3.8, 4) is 5.75 Å². The van der Waals surface area contributed by atoms with Gasteiger partial charge in [-0.05, 0) is 82.7 Å². The number of carbonyl (C=O) groups is 3. The van der Waals surface area contributed by atoms with E-state index in [4.69, 9.17) is 62.5 Å². The summed E-state index contributed by atoms with van der Waals surface area (Å²) in [4.78, 5) is 38.2. The van der Waals surface area contributed by atoms with E-state index in [1.807, 2.05) is 24.3 Å². The zero-order valence-electron chi connectivity index (χ0n) is 58.7. The number of carbonyl (C=O) groups excluding carboxylic acids is 3. The first-order valence-corrected chi connectivity index (χ1v) is 41.2. The van der Waals surface area contributed by atoms with E-state index in [1.165, 1.54) is 24.2 Å². The Labute approximate surface area is 549 Å². The quantitative estimate of drug-likeness (QED) is 0.0279. The Bertz CT molecular complexity index is 2760. The van der Waals surface area contributed by atoms with Crippen LogP contribution in [0, 0.1) is 11.8 Å². The second-order valence-corrected chi connectivity index (χ2v) is 43.5. The summed E-state index contributed by atoms with van der Waals surface area (Å²) in [5.41, 5.74) is 1.09. The fourth-order valence-electron chi connectivity index (χ4n) is 15.0. The Morgan fingerprint density at radius 2 is 1.25 bits per heavy atom. The van der Waals surface area contributed by atoms with Gasteiger partial charge in [-0.1, -0.05) is 161 Å². The molecule has 18 heteroatoms. The minimum Gasteiger partial charge on any atom is -0.497 e. The first-order valence-electron chi connectivity index (χ1n) is 33.9. The molecule has 0 unspecified atom stereocenters. The first kappa shape index (κ1) is 74.5. The largest absolute Gasteiger partial charge is 0.497 e. The van der Waals surface area contributed by atoms with Crippen molar-refractivity contribution in [2.75, 3.05) is 20.8 Å². The molecule has 3 aromatic rings. The fourth-order valence-corrected chi connectivity index (χ4v) is 24.1. The van der Waals surface area contributed by atoms with Crippen molar-refractivity contribution in [1.29, 1.82) is 0 Å². The van der Waals surface area contributed by atoms with Gasteiger partial charge < -0.3 is 60.7 Å². The first-order chi connectivity index (χ1) is 42.8. The summed E-state index contributed by atoms with van der Waals surface area (Å²) >= 11 is 0. The number of hydrogen-bond donors (Lipinski definition) is 0. The van der Waals surface area contributed by atoms with Gasteiger partial charge in [0.25, 0.3) is 8.32 Å². The summed E-state index contributed by atoms with van der Waals surface area (Å²) in [7, 11) is -4.11. The van der Waals surface area contributed by atoms with Crippen LogP contribution in [0.4, 0.5) is 0 Å². The Kier molecular flexibility index (Phi) is 25.6. The molecule has 0 bridgehead atoms. The van der Waals surface area contributed by atoms with E-state index in [0.29, 0.717) is 70.8 Å². The average Bonchev–Trinajstić information content (AvgIpc) is 0.772. The second-order valence-electron chi connectivity index (χ2n) is 29.8. The SMILES string of the molecule is C=C(C[C@H]1C[C@](C)(O[Si](CC)(CC)CC)C[C@@]2(C[C@@H](OC(C)=O)C[C@H](CC=O)O2)O1)[C@@H](C)[C@H](OC(C)=O)[C@H](C)[C@@H](C[C@@H]1C[C@H](OC)C[C@]2(C[C@@H](O[Si](C)(C)C(C)(C)C)C[C@H](CO[Si](c3ccccc3)(c3ccccc3)C(C)(C)C)O2)O1)OCc1ccc(OC)cc1. The highest BCUT2D eigenvalue weighted by Crippen LogP contribution is 2.51. The number of benzene rings is 3. The van der Waals surface area contributed by atoms with Crippen molar-refractivity contribution >= 4 is 53.6 Å². The highest BCUT2D eigenvalue weighted by Gasteiger charge is 2.57. The van der Waals surface area contributed by atoms with Gasteiger partial charge in [-0.15, -0.1) is 0 Å². The zero-order chi connectivity index (χ0) is 66.8. The van der Waals surface area contributed by atoms with E-state index in [1.54, 1.807) is 14.2 Å². The average molecular weight is 1320 g/mol. The van der Waals surface area contributed by atoms with Crippen LogP contribution in [0.2, 0.25) is 41.3 Å². The topological polar surface area (TPSA) is 162 Å². The van der Waals surface area contributed by atoms with Crippen molar-refractivity contribution in [3.05, 3.63) is 103 Å². The van der Waals surface area contributed by atoms with Crippen molar-refractivity contribution < 1.29 is 70.3 Å². The van der Waals surface area contributed by atoms with Gasteiger partial charge in [-0.3, -0.25) is 9.59 Å². The van der Waals surface area contributed by atoms with E-state index >= 15 is 0 Å². The van der Waals surface area contributed by atoms with Crippen molar-refractivity contribution in [1.82, 2.24) is 0 Å². The number of hydrogen-bond acceptors (Lipinski definition) is 15. The molecule has 0 N–H and O–H groups in total. The molecule has 91 heavy (non-hydrogen) atoms. The molecule has 0 radical (unpaired) electrons. The maximum atomic E-state index is 13.6. The molecule has 0 saturated carbocycles. The van der Waals surface area contributed by atoms with Gasteiger partial charge in [0, 0.05) is 97.0 Å². The molecule has 15 nitrogen and oxygen atoms in total. The summed E-state index contributed by atoms with van der Waals surface area (Å²) in [6.45, 7) is 39.6. The Morgan fingerprint density at radius 3 is 1.79 bits per heavy atom. The molecule has 7 rings (SSSR count). The molecular weight excluding hydrogens is 1200 g/mol. The number of aldehydes is 1. The van der Waals surface area contributed by atoms with Gasteiger partial charge in [0.1, 0.15) is 24.2 Å². The van der Waals surface area contributed by atoms with Gasteiger partial charge in [0.05, 0.1) is 68.7 Å². The predicted octanol–water partition coefficient (Wildman–Crippen LogP) is 14.5. The van der Waals surface area contributed by atoms with Crippen LogP contribution in [0.15, 0.2) is 97.1 Å². The van der Waals surface area contributed by atoms with E-state index in [9.17, 15) is 14.4 Å². The Balaban J connectivity index is 1.23. The smallest absolute Gasteiger partial charge is 0.302 e. The monoisotopic (exact) mass is 1310 g/mol. The minimum atomic E-state index is -2.99. The zero-order valence-corrected chi connectivity index (χ0v) is 61.7. The predicted molar refractivity (Wildman–Crippen MR) is 365 cm³/mol. The van der Waals surface area contributed by atoms with Crippen LogP contribution in [-0.4, -0.2) is 136 Å². The highest BCUT2D eigenvalue weighted by atomic mass is 28.4. The molecule has 4 aliphatic heterocycles. The molecule has 4 saturated heterocycles. The van der Waals surface area contributed by atoms with Gasteiger partial charge in [-0.25, -0.2) is 0 Å². The summed E-state index contributed by atoms with van der Waals surface area (Å²) in [6.07, 6.45) is 1.67. The summed E-state index contributed by atoms with van der Waals surface area (Å²) < 4.78 is 83.2. The molecule has 508 valence electrons. The summed E-state index contributed by atoms with van der Waals surface area (Å²) in [5, 5.41) is 2.09. The van der Waals surface area contributed by atoms with Gasteiger partial charge in [0.2, 0.25) is 0 Å². The molecule has 4 fully saturated rings. The minimum absolute atomic E-state index is 0.0515. The maximum absolute atomic E-state index is 13.6. The van der Waals surface area contributed by atoms with Crippen LogP contribution >= 0.6 is 0 Å². The van der Waals surface area contributed by atoms with Gasteiger partial charge >= 0.3 is 11.9 Å². The maximum Gasteiger partial charge on any atom is 0.302 e. The molecule has 14 atom stereocenters. The normalized spacial score (nSPS) is 28.2. The summed E-state index contributed by atoms with van der Waals surface area (Å²) in [6, 6.07) is 32.2. The van der Waals surface area contributed by atoms with Crippen molar-refractivity contribution in [2.24, 2.45) is 11.8 Å². The molecule has 0 aliphatic carbocycles. The van der Waals surface area contributed by atoms with Crippen LogP contribution in [0.5, 0.6) is 5.75 Å². The van der Waals surface area contributed by atoms with E-state index in [0.717, 1.165) is 41.3 Å². The fraction of sp³-hybridized carbons (Fsp3) is 0.685. The van der Waals surface area contributed by atoms with Crippen molar-refractivity contribution in [2.45, 2.75) is 288 Å². The van der Waals surface area contributed by atoms with Crippen LogP contribution in [0.3, 0.4) is 0 Å². The van der Waals surface area contributed by atoms with E-state index in [-0.39, 0.29) is 41.4 Å². The van der Waals surface area contributed by atoms with E-state index in [2.05, 4.69) is 157 Å². The van der Waals surface area contributed by atoms with E-state index < -0.39 is 103 Å². The van der Waals surface area contributed by atoms with Gasteiger partial charge in [0.15, 0.2) is 28.2 Å². The second kappa shape index (κ2) is 31.3. The third-order valence-electron chi connectivity index (χ3n) is 20.8. The molecule has 2 spiro atoms. The van der Waals surface area contributed by atoms with Crippen LogP contribution in [-0.2, 0) is 72.2 Å². The number of rotatable bonds is 29. The highest BCUT2D eigenvalue weighted by molar-refractivity contribution is 6.99. The Morgan fingerprint density at radius 1 is 0.703 bits per heavy atom. The molecule has 4 aliphatic rings. The summed E-state index contributed by atoms with van der Waals surface area (Å²) in [5.74, 6) is -3.19. The third-order valence-corrected chi connectivity index (χ3v) is 35.1. The van der Waals surface area contributed by atoms with Crippen LogP contribution < -0.4 is 15.1 Å². The lowest BCUT2D eigenvalue weighted by molar-refractivity contribution is -0.347. The lowest BCUT2D eigenvalue weighted by Crippen LogP contribution is -2.67. The molecule has 0 aromatic heterocycles. The van der Waals surface area contributed by atoms with Crippen LogP contribution in [0.25, 0.3) is 0 Å². The molecule has 0 amide bonds. The lowest BCUT2D eigenvalue weighted by Gasteiger charge is -2.55. The third kappa shape index (κ3) is 18.8. The number of methoxy groups -OCH3 is 2. The Hall–Kier alpha value is -3.90. The molecular formula is C73H114O15Si3. The van der Waals surface area contributed by atoms with Crippen LogP contribution in [0.1, 0.15) is 173 Å². The van der Waals surface area contributed by atoms with Gasteiger partial charge in [-0.2, -0.15) is 0 Å². The number of esters is 2. The lowest BCUT2D eigenvalue weighted by atomic mass is 9.78. The molecule has 3 aromatic carbocycles. The molecule has 4 heterocycles. The standard InChI is InChI=1S/C73H114O15Si3/c1-20-90(21-2,22-3)88-71(15)44-62(85-73(50-71)46-61(81-54(7)75)40-58(83-73)37-38-74)39-51(4)52(5)68(82-55(8)76)53(6)67(79-48-56-33-35-57(77-16)36-34-56)43-59-41-60(78-17)45-72(84-59)47-63(87-89(18,19)69(9,10)11)42-64(86-72)49-80-91(70(12,13)14,65-29-25-23-26-30-65)66-31-27-24-28-32-66/h23-36,38,52-53,58-64,67-68H,4,20-22,37,39-50H2,1-3,5-19H3/t52-,53-,58+,59+,60+,61+,62+,63+,64-,67-,68+,71+,72+,73-/m1/s1.